The molecule has 0 unspecified atom stereocenters. The summed E-state index contributed by atoms with van der Waals surface area (Å²) in [6.07, 6.45) is 2.40. The van der Waals surface area contributed by atoms with Gasteiger partial charge in [0.25, 0.3) is 5.91 Å². The highest BCUT2D eigenvalue weighted by molar-refractivity contribution is 7.14. The summed E-state index contributed by atoms with van der Waals surface area (Å²) in [6.45, 7) is 3.54. The van der Waals surface area contributed by atoms with Gasteiger partial charge in [-0.1, -0.05) is 0 Å². The van der Waals surface area contributed by atoms with Crippen LogP contribution in [-0.4, -0.2) is 43.7 Å². The minimum Gasteiger partial charge on any atom is -0.378 e. The van der Waals surface area contributed by atoms with Crippen LogP contribution in [0.1, 0.15) is 33.5 Å². The number of ether oxygens (including phenoxy) is 2. The first kappa shape index (κ1) is 12.1. The summed E-state index contributed by atoms with van der Waals surface area (Å²) in [5.41, 5.74) is 0. The molecule has 2 aliphatic heterocycles. The molecule has 3 rings (SSSR count). The highest BCUT2D eigenvalue weighted by Crippen LogP contribution is 2.33. The Bertz CT molecular complexity index is 420. The van der Waals surface area contributed by atoms with Gasteiger partial charge in [0.1, 0.15) is 0 Å². The SMILES string of the molecule is O=C(c1ccc([C@H]2CCCO2)s1)N1CCOCC1. The van der Waals surface area contributed by atoms with Crippen molar-refractivity contribution in [2.75, 3.05) is 32.9 Å². The fourth-order valence-electron chi connectivity index (χ4n) is 2.37. The van der Waals surface area contributed by atoms with Gasteiger partial charge in [-0.2, -0.15) is 0 Å². The van der Waals surface area contributed by atoms with Gasteiger partial charge >= 0.3 is 0 Å². The van der Waals surface area contributed by atoms with E-state index in [1.54, 1.807) is 11.3 Å². The third-order valence-corrected chi connectivity index (χ3v) is 4.55. The highest BCUT2D eigenvalue weighted by Gasteiger charge is 2.23. The number of carbonyl (C=O) groups is 1. The first-order valence-corrected chi connectivity index (χ1v) is 7.24. The van der Waals surface area contributed by atoms with E-state index in [0.717, 1.165) is 24.3 Å². The van der Waals surface area contributed by atoms with E-state index in [9.17, 15) is 4.79 Å². The summed E-state index contributed by atoms with van der Waals surface area (Å²) in [7, 11) is 0. The molecule has 5 heteroatoms. The Balaban J connectivity index is 1.69. The maximum atomic E-state index is 12.3. The summed E-state index contributed by atoms with van der Waals surface area (Å²) >= 11 is 1.57. The Morgan fingerprint density at radius 1 is 1.28 bits per heavy atom. The van der Waals surface area contributed by atoms with Crippen molar-refractivity contribution in [1.29, 1.82) is 0 Å². The first-order valence-electron chi connectivity index (χ1n) is 6.43. The predicted octanol–water partition coefficient (Wildman–Crippen LogP) is 2.07. The van der Waals surface area contributed by atoms with Crippen LogP contribution in [0.25, 0.3) is 0 Å². The molecule has 3 heterocycles. The number of amides is 1. The van der Waals surface area contributed by atoms with Crippen molar-refractivity contribution in [3.05, 3.63) is 21.9 Å². The molecule has 0 bridgehead atoms. The topological polar surface area (TPSA) is 38.8 Å². The lowest BCUT2D eigenvalue weighted by atomic mass is 10.2. The lowest BCUT2D eigenvalue weighted by Gasteiger charge is -2.26. The zero-order chi connectivity index (χ0) is 12.4. The first-order chi connectivity index (χ1) is 8.84. The van der Waals surface area contributed by atoms with Crippen LogP contribution < -0.4 is 0 Å². The minimum atomic E-state index is 0.132. The number of nitrogens with zero attached hydrogens (tertiary/aromatic N) is 1. The van der Waals surface area contributed by atoms with Crippen molar-refractivity contribution < 1.29 is 14.3 Å². The molecule has 1 aromatic rings. The van der Waals surface area contributed by atoms with Gasteiger partial charge in [-0.05, 0) is 25.0 Å². The van der Waals surface area contributed by atoms with Gasteiger partial charge in [-0.15, -0.1) is 11.3 Å². The third-order valence-electron chi connectivity index (χ3n) is 3.38. The van der Waals surface area contributed by atoms with E-state index in [-0.39, 0.29) is 12.0 Å². The van der Waals surface area contributed by atoms with Gasteiger partial charge in [0, 0.05) is 24.6 Å². The third kappa shape index (κ3) is 2.43. The van der Waals surface area contributed by atoms with Crippen LogP contribution in [0.3, 0.4) is 0 Å². The maximum Gasteiger partial charge on any atom is 0.264 e. The van der Waals surface area contributed by atoms with E-state index < -0.39 is 0 Å². The Morgan fingerprint density at radius 3 is 2.83 bits per heavy atom. The van der Waals surface area contributed by atoms with Gasteiger partial charge in [-0.3, -0.25) is 4.79 Å². The van der Waals surface area contributed by atoms with E-state index >= 15 is 0 Å². The molecular weight excluding hydrogens is 250 g/mol. The molecule has 2 saturated heterocycles. The van der Waals surface area contributed by atoms with Crippen LogP contribution in [-0.2, 0) is 9.47 Å². The van der Waals surface area contributed by atoms with Gasteiger partial charge in [0.15, 0.2) is 0 Å². The molecule has 1 atom stereocenters. The van der Waals surface area contributed by atoms with Gasteiger partial charge in [0.2, 0.25) is 0 Å². The molecule has 0 spiro atoms. The summed E-state index contributed by atoms with van der Waals surface area (Å²) in [5, 5.41) is 0. The number of hydrogen-bond donors (Lipinski definition) is 0. The standard InChI is InChI=1S/C13H17NO3S/c15-13(14-5-8-16-9-6-14)12-4-3-11(18-12)10-2-1-7-17-10/h3-4,10H,1-2,5-9H2/t10-/m1/s1. The fraction of sp³-hybridized carbons (Fsp3) is 0.615. The zero-order valence-electron chi connectivity index (χ0n) is 10.3. The lowest BCUT2D eigenvalue weighted by molar-refractivity contribution is 0.0306. The summed E-state index contributed by atoms with van der Waals surface area (Å²) in [6, 6.07) is 3.97. The Hall–Kier alpha value is -0.910. The zero-order valence-corrected chi connectivity index (χ0v) is 11.1. The molecule has 18 heavy (non-hydrogen) atoms. The molecule has 0 saturated carbocycles. The smallest absolute Gasteiger partial charge is 0.264 e. The molecule has 0 N–H and O–H groups in total. The molecule has 4 nitrogen and oxygen atoms in total. The monoisotopic (exact) mass is 267 g/mol. The predicted molar refractivity (Wildman–Crippen MR) is 69.0 cm³/mol. The normalized spacial score (nSPS) is 24.4. The van der Waals surface area contributed by atoms with Crippen LogP contribution in [0.2, 0.25) is 0 Å². The molecule has 0 aromatic carbocycles. The van der Waals surface area contributed by atoms with Crippen molar-refractivity contribution in [3.8, 4) is 0 Å². The van der Waals surface area contributed by atoms with Crippen molar-refractivity contribution in [3.63, 3.8) is 0 Å². The maximum absolute atomic E-state index is 12.3. The van der Waals surface area contributed by atoms with Gasteiger partial charge in [-0.25, -0.2) is 0 Å². The van der Waals surface area contributed by atoms with Gasteiger partial charge in [0.05, 0.1) is 24.2 Å². The molecule has 2 aliphatic rings. The van der Waals surface area contributed by atoms with Crippen LogP contribution in [0, 0.1) is 0 Å². The molecule has 1 amide bonds. The molecule has 0 aliphatic carbocycles. The second kappa shape index (κ2) is 5.38. The van der Waals surface area contributed by atoms with E-state index in [2.05, 4.69) is 0 Å². The summed E-state index contributed by atoms with van der Waals surface area (Å²) in [4.78, 5) is 16.1. The van der Waals surface area contributed by atoms with Crippen molar-refractivity contribution in [2.45, 2.75) is 18.9 Å². The Kier molecular flexibility index (Phi) is 3.63. The molecule has 98 valence electrons. The van der Waals surface area contributed by atoms with E-state index in [4.69, 9.17) is 9.47 Å². The van der Waals surface area contributed by atoms with Gasteiger partial charge < -0.3 is 14.4 Å². The van der Waals surface area contributed by atoms with E-state index in [1.165, 1.54) is 4.88 Å². The van der Waals surface area contributed by atoms with Crippen LogP contribution >= 0.6 is 11.3 Å². The largest absolute Gasteiger partial charge is 0.378 e. The average molecular weight is 267 g/mol. The van der Waals surface area contributed by atoms with E-state index in [1.807, 2.05) is 17.0 Å². The van der Waals surface area contributed by atoms with Crippen molar-refractivity contribution >= 4 is 17.2 Å². The molecule has 2 fully saturated rings. The fourth-order valence-corrected chi connectivity index (χ4v) is 3.42. The Morgan fingerprint density at radius 2 is 2.11 bits per heavy atom. The number of morpholine rings is 1. The number of carbonyl (C=O) groups excluding carboxylic acids is 1. The highest BCUT2D eigenvalue weighted by atomic mass is 32.1. The second-order valence-electron chi connectivity index (χ2n) is 4.61. The van der Waals surface area contributed by atoms with Crippen LogP contribution in [0.4, 0.5) is 0 Å². The quantitative estimate of drug-likeness (QED) is 0.823. The van der Waals surface area contributed by atoms with Crippen molar-refractivity contribution in [2.24, 2.45) is 0 Å². The van der Waals surface area contributed by atoms with E-state index in [0.29, 0.717) is 26.3 Å². The van der Waals surface area contributed by atoms with Crippen molar-refractivity contribution in [1.82, 2.24) is 4.90 Å². The lowest BCUT2D eigenvalue weighted by Crippen LogP contribution is -2.40. The molecule has 1 aromatic heterocycles. The molecular formula is C13H17NO3S. The van der Waals surface area contributed by atoms with Crippen LogP contribution in [0.15, 0.2) is 12.1 Å². The Labute approximate surface area is 110 Å². The van der Waals surface area contributed by atoms with Crippen LogP contribution in [0.5, 0.6) is 0 Å². The number of thiophene rings is 1. The average Bonchev–Trinajstić information content (AvgIpc) is 3.09. The number of rotatable bonds is 2. The second-order valence-corrected chi connectivity index (χ2v) is 5.72. The minimum absolute atomic E-state index is 0.132. The molecule has 0 radical (unpaired) electrons. The number of hydrogen-bond acceptors (Lipinski definition) is 4. The summed E-state index contributed by atoms with van der Waals surface area (Å²) in [5.74, 6) is 0.132. The summed E-state index contributed by atoms with van der Waals surface area (Å²) < 4.78 is 10.9.